The van der Waals surface area contributed by atoms with E-state index in [4.69, 9.17) is 4.74 Å². The van der Waals surface area contributed by atoms with Crippen molar-refractivity contribution in [3.05, 3.63) is 30.1 Å². The quantitative estimate of drug-likeness (QED) is 0.861. The summed E-state index contributed by atoms with van der Waals surface area (Å²) < 4.78 is 7.05. The van der Waals surface area contributed by atoms with Gasteiger partial charge in [0.1, 0.15) is 19.0 Å². The predicted molar refractivity (Wildman–Crippen MR) is 73.7 cm³/mol. The number of carbonyl (C=O) groups is 1. The normalized spacial score (nSPS) is 10.8. The SMILES string of the molecule is CCCNC(=O)Cn1c(COC)nc2ccccc21. The number of hydrogen-bond acceptors (Lipinski definition) is 3. The van der Waals surface area contributed by atoms with Crippen LogP contribution in [0.25, 0.3) is 11.0 Å². The summed E-state index contributed by atoms with van der Waals surface area (Å²) in [5.74, 6) is 0.776. The van der Waals surface area contributed by atoms with Gasteiger partial charge in [-0.2, -0.15) is 0 Å². The van der Waals surface area contributed by atoms with E-state index in [1.165, 1.54) is 0 Å². The highest BCUT2D eigenvalue weighted by Crippen LogP contribution is 2.16. The number of nitrogens with zero attached hydrogens (tertiary/aromatic N) is 2. The van der Waals surface area contributed by atoms with Crippen LogP contribution in [0.5, 0.6) is 0 Å². The van der Waals surface area contributed by atoms with Gasteiger partial charge in [0.05, 0.1) is 11.0 Å². The molecule has 0 unspecified atom stereocenters. The summed E-state index contributed by atoms with van der Waals surface area (Å²) in [6.07, 6.45) is 0.932. The summed E-state index contributed by atoms with van der Waals surface area (Å²) in [5.41, 5.74) is 1.85. The van der Waals surface area contributed by atoms with Crippen LogP contribution in [0.1, 0.15) is 19.2 Å². The Balaban J connectivity index is 2.28. The Morgan fingerprint density at radius 3 is 2.95 bits per heavy atom. The van der Waals surface area contributed by atoms with Crippen LogP contribution >= 0.6 is 0 Å². The number of aromatic nitrogens is 2. The van der Waals surface area contributed by atoms with E-state index < -0.39 is 0 Å². The molecule has 5 heteroatoms. The van der Waals surface area contributed by atoms with Gasteiger partial charge in [0.2, 0.25) is 5.91 Å². The Labute approximate surface area is 112 Å². The fourth-order valence-corrected chi connectivity index (χ4v) is 2.01. The highest BCUT2D eigenvalue weighted by molar-refractivity contribution is 5.81. The van der Waals surface area contributed by atoms with Gasteiger partial charge in [-0.3, -0.25) is 4.79 Å². The number of imidazole rings is 1. The van der Waals surface area contributed by atoms with E-state index >= 15 is 0 Å². The molecule has 0 aliphatic rings. The van der Waals surface area contributed by atoms with E-state index in [2.05, 4.69) is 10.3 Å². The molecule has 2 aromatic rings. The number of rotatable bonds is 6. The lowest BCUT2D eigenvalue weighted by Crippen LogP contribution is -2.28. The van der Waals surface area contributed by atoms with Crippen molar-refractivity contribution in [3.8, 4) is 0 Å². The molecule has 0 saturated heterocycles. The van der Waals surface area contributed by atoms with Crippen molar-refractivity contribution in [1.29, 1.82) is 0 Å². The van der Waals surface area contributed by atoms with Gasteiger partial charge in [-0.15, -0.1) is 0 Å². The first-order valence-corrected chi connectivity index (χ1v) is 6.46. The molecule has 0 aliphatic carbocycles. The number of amides is 1. The van der Waals surface area contributed by atoms with Gasteiger partial charge in [0.15, 0.2) is 0 Å². The molecule has 0 fully saturated rings. The lowest BCUT2D eigenvalue weighted by Gasteiger charge is -2.09. The molecule has 0 saturated carbocycles. The first kappa shape index (κ1) is 13.5. The molecule has 19 heavy (non-hydrogen) atoms. The van der Waals surface area contributed by atoms with E-state index in [9.17, 15) is 4.79 Å². The number of carbonyl (C=O) groups excluding carboxylic acids is 1. The first-order valence-electron chi connectivity index (χ1n) is 6.46. The van der Waals surface area contributed by atoms with E-state index in [0.29, 0.717) is 13.2 Å². The van der Waals surface area contributed by atoms with Crippen LogP contribution in [-0.4, -0.2) is 29.1 Å². The molecule has 2 rings (SSSR count). The number of benzene rings is 1. The topological polar surface area (TPSA) is 56.2 Å². The van der Waals surface area contributed by atoms with Crippen molar-refractivity contribution in [2.24, 2.45) is 0 Å². The number of para-hydroxylation sites is 2. The zero-order valence-corrected chi connectivity index (χ0v) is 11.3. The molecule has 5 nitrogen and oxygen atoms in total. The average Bonchev–Trinajstić information content (AvgIpc) is 2.75. The zero-order valence-electron chi connectivity index (χ0n) is 11.3. The van der Waals surface area contributed by atoms with Gasteiger partial charge in [-0.05, 0) is 18.6 Å². The lowest BCUT2D eigenvalue weighted by molar-refractivity contribution is -0.121. The lowest BCUT2D eigenvalue weighted by atomic mass is 10.3. The Kier molecular flexibility index (Phi) is 4.52. The van der Waals surface area contributed by atoms with Crippen molar-refractivity contribution in [1.82, 2.24) is 14.9 Å². The van der Waals surface area contributed by atoms with Gasteiger partial charge in [-0.25, -0.2) is 4.98 Å². The smallest absolute Gasteiger partial charge is 0.240 e. The molecule has 0 bridgehead atoms. The van der Waals surface area contributed by atoms with E-state index in [0.717, 1.165) is 23.3 Å². The van der Waals surface area contributed by atoms with Gasteiger partial charge in [0, 0.05) is 13.7 Å². The molecular formula is C14H19N3O2. The molecule has 1 N–H and O–H groups in total. The van der Waals surface area contributed by atoms with Crippen molar-refractivity contribution in [2.45, 2.75) is 26.5 Å². The van der Waals surface area contributed by atoms with Gasteiger partial charge in [-0.1, -0.05) is 19.1 Å². The van der Waals surface area contributed by atoms with Gasteiger partial charge >= 0.3 is 0 Å². The van der Waals surface area contributed by atoms with E-state index in [1.807, 2.05) is 35.8 Å². The van der Waals surface area contributed by atoms with Crippen molar-refractivity contribution in [3.63, 3.8) is 0 Å². The molecular weight excluding hydrogens is 242 g/mol. The van der Waals surface area contributed by atoms with E-state index in [1.54, 1.807) is 7.11 Å². The Morgan fingerprint density at radius 2 is 2.21 bits per heavy atom. The third-order valence-electron chi connectivity index (χ3n) is 2.88. The largest absolute Gasteiger partial charge is 0.377 e. The fourth-order valence-electron chi connectivity index (χ4n) is 2.01. The third-order valence-corrected chi connectivity index (χ3v) is 2.88. The minimum atomic E-state index is 0.00218. The van der Waals surface area contributed by atoms with Gasteiger partial charge in [0.25, 0.3) is 0 Å². The number of hydrogen-bond donors (Lipinski definition) is 1. The van der Waals surface area contributed by atoms with Crippen molar-refractivity contribution in [2.75, 3.05) is 13.7 Å². The van der Waals surface area contributed by atoms with E-state index in [-0.39, 0.29) is 12.5 Å². The number of nitrogens with one attached hydrogen (secondary N) is 1. The summed E-state index contributed by atoms with van der Waals surface area (Å²) in [6.45, 7) is 3.41. The monoisotopic (exact) mass is 261 g/mol. The van der Waals surface area contributed by atoms with Crippen LogP contribution in [0, 0.1) is 0 Å². The van der Waals surface area contributed by atoms with Crippen LogP contribution in [-0.2, 0) is 22.7 Å². The molecule has 0 radical (unpaired) electrons. The number of fused-ring (bicyclic) bond motifs is 1. The second-order valence-electron chi connectivity index (χ2n) is 4.39. The summed E-state index contributed by atoms with van der Waals surface area (Å²) in [5, 5.41) is 2.88. The van der Waals surface area contributed by atoms with Crippen LogP contribution in [0.3, 0.4) is 0 Å². The second-order valence-corrected chi connectivity index (χ2v) is 4.39. The van der Waals surface area contributed by atoms with Crippen LogP contribution < -0.4 is 5.32 Å². The Hall–Kier alpha value is -1.88. The maximum atomic E-state index is 11.9. The zero-order chi connectivity index (χ0) is 13.7. The summed E-state index contributed by atoms with van der Waals surface area (Å²) in [4.78, 5) is 16.4. The standard InChI is InChI=1S/C14H19N3O2/c1-3-8-15-14(18)9-17-12-7-5-4-6-11(12)16-13(17)10-19-2/h4-7H,3,8-10H2,1-2H3,(H,15,18). The Morgan fingerprint density at radius 1 is 1.42 bits per heavy atom. The fraction of sp³-hybridized carbons (Fsp3) is 0.429. The maximum Gasteiger partial charge on any atom is 0.240 e. The molecule has 0 atom stereocenters. The minimum Gasteiger partial charge on any atom is -0.377 e. The van der Waals surface area contributed by atoms with Gasteiger partial charge < -0.3 is 14.6 Å². The number of methoxy groups -OCH3 is 1. The average molecular weight is 261 g/mol. The summed E-state index contributed by atoms with van der Waals surface area (Å²) in [6, 6.07) is 7.79. The molecule has 1 aromatic heterocycles. The summed E-state index contributed by atoms with van der Waals surface area (Å²) >= 11 is 0. The highest BCUT2D eigenvalue weighted by Gasteiger charge is 2.12. The van der Waals surface area contributed by atoms with Crippen molar-refractivity contribution >= 4 is 16.9 Å². The molecule has 102 valence electrons. The minimum absolute atomic E-state index is 0.00218. The first-order chi connectivity index (χ1) is 9.26. The summed E-state index contributed by atoms with van der Waals surface area (Å²) in [7, 11) is 1.63. The second kappa shape index (κ2) is 6.33. The predicted octanol–water partition coefficient (Wildman–Crippen LogP) is 1.71. The number of ether oxygens (including phenoxy) is 1. The third kappa shape index (κ3) is 3.12. The molecule has 0 aliphatic heterocycles. The maximum absolute atomic E-state index is 11.9. The van der Waals surface area contributed by atoms with Crippen LogP contribution in [0.4, 0.5) is 0 Å². The van der Waals surface area contributed by atoms with Crippen LogP contribution in [0.15, 0.2) is 24.3 Å². The van der Waals surface area contributed by atoms with Crippen molar-refractivity contribution < 1.29 is 9.53 Å². The van der Waals surface area contributed by atoms with Crippen LogP contribution in [0.2, 0.25) is 0 Å². The molecule has 1 amide bonds. The highest BCUT2D eigenvalue weighted by atomic mass is 16.5. The molecule has 1 aromatic carbocycles. The molecule has 0 spiro atoms. The molecule has 1 heterocycles. The Bertz CT molecular complexity index is 563.